The molecule has 10 nitrogen and oxygen atoms in total. The van der Waals surface area contributed by atoms with Gasteiger partial charge in [-0.25, -0.2) is 10.9 Å². The summed E-state index contributed by atoms with van der Waals surface area (Å²) < 4.78 is 34.9. The summed E-state index contributed by atoms with van der Waals surface area (Å²) in [4.78, 5) is 12.1. The zero-order valence-electron chi connectivity index (χ0n) is 16.4. The summed E-state index contributed by atoms with van der Waals surface area (Å²) in [5.74, 6) is -0.426. The molecule has 0 saturated carbocycles. The van der Waals surface area contributed by atoms with Gasteiger partial charge in [-0.1, -0.05) is 29.3 Å². The van der Waals surface area contributed by atoms with Crippen LogP contribution in [-0.4, -0.2) is 30.4 Å². The van der Waals surface area contributed by atoms with Crippen LogP contribution in [0.2, 0.25) is 5.02 Å². The van der Waals surface area contributed by atoms with Crippen molar-refractivity contribution in [3.63, 3.8) is 0 Å². The van der Waals surface area contributed by atoms with E-state index < -0.39 is 16.1 Å². The third-order valence-electron chi connectivity index (χ3n) is 3.89. The van der Waals surface area contributed by atoms with E-state index in [0.717, 1.165) is 11.1 Å². The normalized spacial score (nSPS) is 11.1. The zero-order chi connectivity index (χ0) is 23.2. The Bertz CT molecular complexity index is 1290. The van der Waals surface area contributed by atoms with E-state index in [9.17, 15) is 13.2 Å². The van der Waals surface area contributed by atoms with Crippen LogP contribution >= 0.6 is 11.6 Å². The van der Waals surface area contributed by atoms with Crippen molar-refractivity contribution in [3.8, 4) is 0 Å². The maximum absolute atomic E-state index is 12.2. The Kier molecular flexibility index (Phi) is 7.89. The fourth-order valence-corrected chi connectivity index (χ4v) is 2.90. The fourth-order valence-electron chi connectivity index (χ4n) is 2.26. The molecular formula is C19H19ClN4O6S. The molecule has 3 aromatic rings. The molecule has 0 saturated heterocycles. The molecule has 0 atom stereocenters. The minimum Gasteiger partial charge on any atom is -0.463 e. The molecule has 1 heterocycles. The van der Waals surface area contributed by atoms with E-state index in [0.29, 0.717) is 16.0 Å². The number of benzene rings is 2. The number of hydrazone groups is 1. The van der Waals surface area contributed by atoms with Crippen LogP contribution in [0.5, 0.6) is 0 Å². The lowest BCUT2D eigenvalue weighted by atomic mass is 10.1. The average molecular weight is 467 g/mol. The molecule has 0 bridgehead atoms. The maximum atomic E-state index is 12.2. The molecule has 0 radical (unpaired) electrons. The van der Waals surface area contributed by atoms with Gasteiger partial charge in [-0.2, -0.15) is 13.5 Å². The molecule has 5 N–H and O–H groups in total. The molecule has 164 valence electrons. The van der Waals surface area contributed by atoms with Crippen LogP contribution in [0, 0.1) is 19.3 Å². The van der Waals surface area contributed by atoms with Gasteiger partial charge in [0.25, 0.3) is 10.1 Å². The predicted octanol–water partition coefficient (Wildman–Crippen LogP) is 2.83. The van der Waals surface area contributed by atoms with Crippen molar-refractivity contribution in [1.29, 1.82) is 5.41 Å². The van der Waals surface area contributed by atoms with Crippen LogP contribution in [0.4, 0.5) is 0 Å². The Balaban J connectivity index is 0.000000262. The van der Waals surface area contributed by atoms with Crippen molar-refractivity contribution in [2.75, 3.05) is 0 Å². The molecule has 12 heteroatoms. The van der Waals surface area contributed by atoms with Crippen molar-refractivity contribution in [3.05, 3.63) is 74.6 Å². The molecule has 0 amide bonds. The predicted molar refractivity (Wildman–Crippen MR) is 117 cm³/mol. The lowest BCUT2D eigenvalue weighted by molar-refractivity contribution is 0.228. The van der Waals surface area contributed by atoms with Crippen molar-refractivity contribution in [2.45, 2.75) is 18.7 Å². The number of hydrogen-bond acceptors (Lipinski definition) is 7. The van der Waals surface area contributed by atoms with Crippen LogP contribution in [0.25, 0.3) is 11.0 Å². The Morgan fingerprint density at radius 3 is 2.45 bits per heavy atom. The summed E-state index contributed by atoms with van der Waals surface area (Å²) in [5.41, 5.74) is 5.82. The fraction of sp³-hybridized carbons (Fsp3) is 0.105. The molecule has 2 aromatic carbocycles. The van der Waals surface area contributed by atoms with Gasteiger partial charge in [0, 0.05) is 5.02 Å². The van der Waals surface area contributed by atoms with Crippen molar-refractivity contribution in [1.82, 2.24) is 10.9 Å². The molecule has 3 rings (SSSR count). The molecule has 0 spiro atoms. The quantitative estimate of drug-likeness (QED) is 0.170. The first-order valence-electron chi connectivity index (χ1n) is 8.56. The summed E-state index contributed by atoms with van der Waals surface area (Å²) in [5, 5.41) is 19.8. The number of nitrogens with one attached hydrogen (secondary N) is 3. The first-order valence-corrected chi connectivity index (χ1v) is 10.4. The minimum atomic E-state index is -4.02. The second-order valence-electron chi connectivity index (χ2n) is 6.26. The van der Waals surface area contributed by atoms with Crippen molar-refractivity contribution >= 4 is 44.9 Å². The van der Waals surface area contributed by atoms with E-state index >= 15 is 0 Å². The molecule has 0 aliphatic heterocycles. The number of rotatable bonds is 3. The number of hydroxylamine groups is 1. The largest absolute Gasteiger partial charge is 0.463 e. The number of guanidine groups is 1. The summed E-state index contributed by atoms with van der Waals surface area (Å²) >= 11 is 5.99. The minimum absolute atomic E-state index is 0.0666. The van der Waals surface area contributed by atoms with Gasteiger partial charge < -0.3 is 4.42 Å². The highest BCUT2D eigenvalue weighted by molar-refractivity contribution is 7.85. The van der Waals surface area contributed by atoms with Crippen LogP contribution in [-0.2, 0) is 10.1 Å². The molecule has 0 fully saturated rings. The lowest BCUT2D eigenvalue weighted by Gasteiger charge is -2.02. The van der Waals surface area contributed by atoms with Crippen LogP contribution in [0.3, 0.4) is 0 Å². The lowest BCUT2D eigenvalue weighted by Crippen LogP contribution is -2.30. The molecule has 0 aliphatic carbocycles. The first-order chi connectivity index (χ1) is 14.5. The second kappa shape index (κ2) is 10.2. The van der Waals surface area contributed by atoms with Gasteiger partial charge >= 0.3 is 0 Å². The Hall–Kier alpha value is -3.25. The number of aryl methyl sites for hydroxylation is 2. The topological polar surface area (TPSA) is 165 Å². The maximum Gasteiger partial charge on any atom is 0.294 e. The Labute approximate surface area is 182 Å². The summed E-state index contributed by atoms with van der Waals surface area (Å²) in [6.45, 7) is 3.66. The molecule has 0 aliphatic rings. The van der Waals surface area contributed by atoms with Crippen molar-refractivity contribution < 1.29 is 22.6 Å². The Morgan fingerprint density at radius 1 is 1.23 bits per heavy atom. The monoisotopic (exact) mass is 466 g/mol. The summed E-state index contributed by atoms with van der Waals surface area (Å²) in [6, 6.07) is 9.21. The van der Waals surface area contributed by atoms with Crippen LogP contribution in [0.15, 0.2) is 61.9 Å². The highest BCUT2D eigenvalue weighted by atomic mass is 35.5. The van der Waals surface area contributed by atoms with Gasteiger partial charge in [0.15, 0.2) is 0 Å². The van der Waals surface area contributed by atoms with E-state index in [2.05, 4.69) is 10.5 Å². The first kappa shape index (κ1) is 24.0. The highest BCUT2D eigenvalue weighted by Gasteiger charge is 2.08. The molecule has 1 aromatic heterocycles. The van der Waals surface area contributed by atoms with Gasteiger partial charge in [0.05, 0.1) is 22.1 Å². The number of fused-ring (bicyclic) bond motifs is 1. The third kappa shape index (κ3) is 6.62. The van der Waals surface area contributed by atoms with Gasteiger partial charge in [0.1, 0.15) is 11.8 Å². The molecule has 0 unspecified atom stereocenters. The Morgan fingerprint density at radius 2 is 1.87 bits per heavy atom. The van der Waals surface area contributed by atoms with Gasteiger partial charge in [-0.15, -0.1) is 0 Å². The smallest absolute Gasteiger partial charge is 0.294 e. The molecular weight excluding hydrogens is 448 g/mol. The van der Waals surface area contributed by atoms with Gasteiger partial charge in [-0.05, 0) is 43.7 Å². The average Bonchev–Trinajstić information content (AvgIpc) is 2.71. The van der Waals surface area contributed by atoms with Crippen molar-refractivity contribution in [2.24, 2.45) is 5.10 Å². The second-order valence-corrected chi connectivity index (χ2v) is 8.09. The van der Waals surface area contributed by atoms with Gasteiger partial charge in [-0.3, -0.25) is 20.0 Å². The summed E-state index contributed by atoms with van der Waals surface area (Å²) in [7, 11) is -4.02. The van der Waals surface area contributed by atoms with E-state index in [4.69, 9.17) is 31.2 Å². The molecule has 31 heavy (non-hydrogen) atoms. The number of halogens is 1. The van der Waals surface area contributed by atoms with Gasteiger partial charge in [0.2, 0.25) is 11.4 Å². The third-order valence-corrected chi connectivity index (χ3v) is 5.17. The van der Waals surface area contributed by atoms with E-state index in [-0.39, 0.29) is 15.9 Å². The van der Waals surface area contributed by atoms with E-state index in [1.54, 1.807) is 29.7 Å². The highest BCUT2D eigenvalue weighted by Crippen LogP contribution is 2.21. The van der Waals surface area contributed by atoms with Crippen LogP contribution < -0.4 is 16.3 Å². The standard InChI is InChI=1S/C12H11ClN4O3.C7H8O3S/c1-6-2-10-8(3-9(6)13)11(18)7(5-20-10)4-15-16-12(14)17-19;1-6-2-4-7(5-3-6)11(8,9)10/h2-5,19H,1H3,(H3,14,16,17);2-5H,1H3,(H,8,9,10). The van der Waals surface area contributed by atoms with E-state index in [1.807, 2.05) is 13.8 Å². The number of nitrogens with zero attached hydrogens (tertiary/aromatic N) is 1. The SMILES string of the molecule is Cc1cc2occ(C=NNC(=N)NO)c(=O)c2cc1Cl.Cc1ccc(S(=O)(=O)O)cc1. The number of hydrogen-bond donors (Lipinski definition) is 5. The van der Waals surface area contributed by atoms with E-state index in [1.165, 1.54) is 24.6 Å². The zero-order valence-corrected chi connectivity index (χ0v) is 18.0. The summed E-state index contributed by atoms with van der Waals surface area (Å²) in [6.07, 6.45) is 2.45. The van der Waals surface area contributed by atoms with Crippen LogP contribution in [0.1, 0.15) is 16.7 Å².